The number of carbonyl (C=O) groups is 2. The lowest BCUT2D eigenvalue weighted by Gasteiger charge is -2.29. The third-order valence-electron chi connectivity index (χ3n) is 1.58. The Bertz CT molecular complexity index is 212. The maximum atomic E-state index is 10.8. The second-order valence-corrected chi connectivity index (χ2v) is 3.47. The zero-order valence-electron chi connectivity index (χ0n) is 5.82. The summed E-state index contributed by atoms with van der Waals surface area (Å²) in [5.41, 5.74) is 0. The summed E-state index contributed by atoms with van der Waals surface area (Å²) in [4.78, 5) is 21.2. The first-order valence-electron chi connectivity index (χ1n) is 3.21. The second kappa shape index (κ2) is 3.09. The molecule has 1 N–H and O–H groups in total. The number of carbonyl (C=O) groups excluding carboxylic acids is 1. The van der Waals surface area contributed by atoms with Gasteiger partial charge in [0.1, 0.15) is 5.25 Å². The molecule has 60 valence electrons. The molecule has 0 aromatic carbocycles. The van der Waals surface area contributed by atoms with Crippen LogP contribution in [0.3, 0.4) is 0 Å². The molecular formula is C7H8O3S. The van der Waals surface area contributed by atoms with E-state index >= 15 is 0 Å². The number of hydrogen-bond donors (Lipinski definition) is 1. The van der Waals surface area contributed by atoms with Gasteiger partial charge < -0.3 is 5.11 Å². The third-order valence-corrected chi connectivity index (χ3v) is 2.89. The first-order chi connectivity index (χ1) is 5.16. The lowest BCUT2D eigenvalue weighted by molar-refractivity contribution is -0.140. The fourth-order valence-corrected chi connectivity index (χ4v) is 1.90. The van der Waals surface area contributed by atoms with Crippen molar-refractivity contribution in [2.24, 2.45) is 5.92 Å². The van der Waals surface area contributed by atoms with E-state index in [1.54, 1.807) is 6.08 Å². The van der Waals surface area contributed by atoms with Crippen molar-refractivity contribution in [1.82, 2.24) is 0 Å². The van der Waals surface area contributed by atoms with Gasteiger partial charge in [0.05, 0.1) is 5.92 Å². The van der Waals surface area contributed by atoms with Gasteiger partial charge in [-0.3, -0.25) is 9.59 Å². The van der Waals surface area contributed by atoms with Gasteiger partial charge in [-0.2, -0.15) is 0 Å². The fraction of sp³-hybridized carbons (Fsp3) is 0.429. The highest BCUT2D eigenvalue weighted by molar-refractivity contribution is 8.16. The third kappa shape index (κ3) is 1.45. The summed E-state index contributed by atoms with van der Waals surface area (Å²) < 4.78 is 0. The van der Waals surface area contributed by atoms with Crippen molar-refractivity contribution in [3.8, 4) is 0 Å². The van der Waals surface area contributed by atoms with Crippen LogP contribution in [0.25, 0.3) is 0 Å². The van der Waals surface area contributed by atoms with E-state index in [0.29, 0.717) is 6.42 Å². The first-order valence-corrected chi connectivity index (χ1v) is 4.09. The van der Waals surface area contributed by atoms with E-state index in [9.17, 15) is 9.59 Å². The van der Waals surface area contributed by atoms with E-state index in [0.717, 1.165) is 11.8 Å². The monoisotopic (exact) mass is 172 g/mol. The van der Waals surface area contributed by atoms with Crippen molar-refractivity contribution in [2.45, 2.75) is 11.7 Å². The van der Waals surface area contributed by atoms with Crippen LogP contribution in [0.1, 0.15) is 6.42 Å². The Balaban J connectivity index is 2.54. The summed E-state index contributed by atoms with van der Waals surface area (Å²) in [6.07, 6.45) is 2.06. The molecule has 1 aliphatic rings. The first kappa shape index (κ1) is 8.33. The van der Waals surface area contributed by atoms with E-state index in [1.165, 1.54) is 0 Å². The molecule has 3 nitrogen and oxygen atoms in total. The number of rotatable bonds is 3. The Labute approximate surface area is 68.5 Å². The van der Waals surface area contributed by atoms with E-state index in [2.05, 4.69) is 6.58 Å². The van der Waals surface area contributed by atoms with Crippen molar-refractivity contribution < 1.29 is 14.7 Å². The normalized spacial score (nSPS) is 29.3. The molecule has 0 bridgehead atoms. The molecule has 11 heavy (non-hydrogen) atoms. The van der Waals surface area contributed by atoms with Gasteiger partial charge in [0, 0.05) is 0 Å². The van der Waals surface area contributed by atoms with Crippen molar-refractivity contribution in [2.75, 3.05) is 0 Å². The Hall–Kier alpha value is -0.770. The van der Waals surface area contributed by atoms with Crippen molar-refractivity contribution >= 4 is 22.8 Å². The number of aliphatic carboxylic acids is 1. The molecule has 0 amide bonds. The van der Waals surface area contributed by atoms with Crippen LogP contribution >= 0.6 is 11.8 Å². The summed E-state index contributed by atoms with van der Waals surface area (Å²) in [5, 5.41) is 7.97. The largest absolute Gasteiger partial charge is 0.480 e. The smallest absolute Gasteiger partial charge is 0.317 e. The maximum absolute atomic E-state index is 10.8. The highest BCUT2D eigenvalue weighted by atomic mass is 32.2. The molecule has 0 aliphatic carbocycles. The summed E-state index contributed by atoms with van der Waals surface area (Å²) in [6.45, 7) is 3.46. The van der Waals surface area contributed by atoms with Crippen LogP contribution in [0.5, 0.6) is 0 Å². The lowest BCUT2D eigenvalue weighted by Crippen LogP contribution is -2.41. The summed E-state index contributed by atoms with van der Waals surface area (Å²) in [5.74, 6) is -1.24. The average molecular weight is 172 g/mol. The van der Waals surface area contributed by atoms with E-state index in [4.69, 9.17) is 5.11 Å². The predicted octanol–water partition coefficient (Wildman–Crippen LogP) is 0.905. The molecule has 0 aromatic rings. The SMILES string of the molecule is C=CCC1C(=O)SC1C(=O)O. The van der Waals surface area contributed by atoms with Gasteiger partial charge in [0.15, 0.2) is 5.12 Å². The number of carboxylic acid groups (broad SMARTS) is 1. The highest BCUT2D eigenvalue weighted by Gasteiger charge is 2.44. The minimum Gasteiger partial charge on any atom is -0.480 e. The molecule has 1 saturated heterocycles. The Morgan fingerprint density at radius 2 is 2.45 bits per heavy atom. The molecule has 4 heteroatoms. The van der Waals surface area contributed by atoms with Crippen LogP contribution in [0, 0.1) is 5.92 Å². The molecule has 1 rings (SSSR count). The number of thioether (sulfide) groups is 1. The molecule has 1 fully saturated rings. The summed E-state index contributed by atoms with van der Waals surface area (Å²) in [7, 11) is 0. The standard InChI is InChI=1S/C7H8O3S/c1-2-3-4-5(6(8)9)11-7(4)10/h2,4-5H,1,3H2,(H,8,9). The van der Waals surface area contributed by atoms with Gasteiger partial charge in [0.2, 0.25) is 0 Å². The molecule has 0 radical (unpaired) electrons. The van der Waals surface area contributed by atoms with E-state index in [1.807, 2.05) is 0 Å². The molecule has 0 saturated carbocycles. The van der Waals surface area contributed by atoms with Gasteiger partial charge in [-0.25, -0.2) is 0 Å². The van der Waals surface area contributed by atoms with Gasteiger partial charge in [0.25, 0.3) is 0 Å². The van der Waals surface area contributed by atoms with Crippen LogP contribution in [-0.2, 0) is 9.59 Å². The summed E-state index contributed by atoms with van der Waals surface area (Å²) in [6, 6.07) is 0. The highest BCUT2D eigenvalue weighted by Crippen LogP contribution is 2.38. The minimum absolute atomic E-state index is 0.0303. The molecule has 2 atom stereocenters. The molecule has 0 spiro atoms. The van der Waals surface area contributed by atoms with Crippen LogP contribution in [0.4, 0.5) is 0 Å². The lowest BCUT2D eigenvalue weighted by atomic mass is 10.0. The zero-order chi connectivity index (χ0) is 8.43. The topological polar surface area (TPSA) is 54.4 Å². The number of hydrogen-bond acceptors (Lipinski definition) is 3. The van der Waals surface area contributed by atoms with Crippen LogP contribution < -0.4 is 0 Å². The fourth-order valence-electron chi connectivity index (χ4n) is 0.968. The Morgan fingerprint density at radius 1 is 1.82 bits per heavy atom. The van der Waals surface area contributed by atoms with Gasteiger partial charge in [-0.1, -0.05) is 17.8 Å². The van der Waals surface area contributed by atoms with Gasteiger partial charge in [-0.05, 0) is 6.42 Å². The van der Waals surface area contributed by atoms with Crippen molar-refractivity contribution in [1.29, 1.82) is 0 Å². The molecule has 0 aromatic heterocycles. The average Bonchev–Trinajstić information content (AvgIpc) is 1.95. The Morgan fingerprint density at radius 3 is 2.82 bits per heavy atom. The van der Waals surface area contributed by atoms with Crippen molar-refractivity contribution in [3.05, 3.63) is 12.7 Å². The molecule has 1 heterocycles. The minimum atomic E-state index is -0.901. The maximum Gasteiger partial charge on any atom is 0.317 e. The zero-order valence-corrected chi connectivity index (χ0v) is 6.63. The van der Waals surface area contributed by atoms with Crippen molar-refractivity contribution in [3.63, 3.8) is 0 Å². The van der Waals surface area contributed by atoms with Gasteiger partial charge >= 0.3 is 5.97 Å². The molecular weight excluding hydrogens is 164 g/mol. The quantitative estimate of drug-likeness (QED) is 0.643. The van der Waals surface area contributed by atoms with E-state index < -0.39 is 11.2 Å². The molecule has 2 unspecified atom stereocenters. The second-order valence-electron chi connectivity index (χ2n) is 2.33. The number of allylic oxidation sites excluding steroid dienone is 1. The van der Waals surface area contributed by atoms with Gasteiger partial charge in [-0.15, -0.1) is 6.58 Å². The molecule has 1 aliphatic heterocycles. The summed E-state index contributed by atoms with van der Waals surface area (Å²) >= 11 is 0.898. The Kier molecular flexibility index (Phi) is 2.34. The predicted molar refractivity (Wildman–Crippen MR) is 42.3 cm³/mol. The van der Waals surface area contributed by atoms with Crippen LogP contribution in [0.2, 0.25) is 0 Å². The van der Waals surface area contributed by atoms with Crippen LogP contribution in [0.15, 0.2) is 12.7 Å². The number of carboxylic acids is 1. The van der Waals surface area contributed by atoms with E-state index in [-0.39, 0.29) is 11.0 Å². The van der Waals surface area contributed by atoms with Crippen LogP contribution in [-0.4, -0.2) is 21.4 Å².